The minimum Gasteiger partial charge on any atom is -0.396 e. The van der Waals surface area contributed by atoms with Crippen molar-refractivity contribution in [2.24, 2.45) is 0 Å². The summed E-state index contributed by atoms with van der Waals surface area (Å²) in [6.45, 7) is 8.59. The fourth-order valence-electron chi connectivity index (χ4n) is 3.24. The zero-order valence-corrected chi connectivity index (χ0v) is 15.5. The van der Waals surface area contributed by atoms with E-state index in [1.807, 2.05) is 12.4 Å². The summed E-state index contributed by atoms with van der Waals surface area (Å²) < 4.78 is 7.26. The molecule has 1 aliphatic rings. The lowest BCUT2D eigenvalue weighted by Crippen LogP contribution is -2.45. The van der Waals surface area contributed by atoms with Crippen molar-refractivity contribution in [1.29, 1.82) is 0 Å². The molecule has 1 saturated heterocycles. The first-order valence-electron chi connectivity index (χ1n) is 9.22. The van der Waals surface area contributed by atoms with Crippen molar-refractivity contribution in [2.45, 2.75) is 32.9 Å². The van der Waals surface area contributed by atoms with Gasteiger partial charge < -0.3 is 14.7 Å². The van der Waals surface area contributed by atoms with E-state index in [2.05, 4.69) is 28.8 Å². The number of hydrogen-bond acceptors (Lipinski definition) is 6. The molecule has 1 N–H and O–H groups in total. The van der Waals surface area contributed by atoms with Crippen LogP contribution in [0.5, 0.6) is 0 Å². The number of morpholine rings is 1. The second-order valence-corrected chi connectivity index (χ2v) is 6.51. The average molecular weight is 361 g/mol. The molecule has 0 spiro atoms. The zero-order valence-electron chi connectivity index (χ0n) is 15.5. The monoisotopic (exact) mass is 361 g/mol. The molecular formula is C18H27N5O3. The molecule has 8 heteroatoms. The largest absolute Gasteiger partial charge is 0.396 e. The lowest BCUT2D eigenvalue weighted by Gasteiger charge is -2.32. The number of ether oxygens (including phenoxy) is 1. The van der Waals surface area contributed by atoms with Gasteiger partial charge in [-0.1, -0.05) is 13.8 Å². The fourth-order valence-corrected chi connectivity index (χ4v) is 3.24. The Morgan fingerprint density at radius 2 is 2.19 bits per heavy atom. The molecule has 0 bridgehead atoms. The summed E-state index contributed by atoms with van der Waals surface area (Å²) in [6.07, 6.45) is 5.76. The molecule has 2 aromatic rings. The maximum absolute atomic E-state index is 12.9. The van der Waals surface area contributed by atoms with Crippen molar-refractivity contribution in [1.82, 2.24) is 24.4 Å². The molecule has 1 amide bonds. The molecule has 3 rings (SSSR count). The minimum absolute atomic E-state index is 0.0558. The molecule has 1 aliphatic heterocycles. The minimum atomic E-state index is -0.117. The Balaban J connectivity index is 1.77. The van der Waals surface area contributed by atoms with E-state index in [-0.39, 0.29) is 18.6 Å². The molecule has 142 valence electrons. The number of rotatable bonds is 7. The molecule has 0 radical (unpaired) electrons. The number of fused-ring (bicyclic) bond motifs is 1. The Labute approximate surface area is 153 Å². The van der Waals surface area contributed by atoms with Gasteiger partial charge in [0.05, 0.1) is 18.9 Å². The molecule has 0 aliphatic carbocycles. The SMILES string of the molecule is CCN(CC)Cc1cnc2c(C(=O)N3CCO[C@H](CCO)C3)cnn2c1. The van der Waals surface area contributed by atoms with E-state index in [4.69, 9.17) is 9.84 Å². The maximum Gasteiger partial charge on any atom is 0.259 e. The average Bonchev–Trinajstić information content (AvgIpc) is 3.09. The number of amides is 1. The number of carbonyl (C=O) groups excluding carboxylic acids is 1. The van der Waals surface area contributed by atoms with Crippen molar-refractivity contribution in [3.8, 4) is 0 Å². The lowest BCUT2D eigenvalue weighted by molar-refractivity contribution is -0.0306. The highest BCUT2D eigenvalue weighted by Gasteiger charge is 2.27. The first-order valence-corrected chi connectivity index (χ1v) is 9.22. The van der Waals surface area contributed by atoms with Gasteiger partial charge in [0.2, 0.25) is 0 Å². The normalized spacial score (nSPS) is 18.0. The molecule has 1 atom stereocenters. The molecule has 3 heterocycles. The van der Waals surface area contributed by atoms with Gasteiger partial charge in [-0.25, -0.2) is 9.50 Å². The Morgan fingerprint density at radius 1 is 1.38 bits per heavy atom. The van der Waals surface area contributed by atoms with Gasteiger partial charge >= 0.3 is 0 Å². The van der Waals surface area contributed by atoms with Crippen molar-refractivity contribution in [2.75, 3.05) is 39.4 Å². The molecule has 0 saturated carbocycles. The van der Waals surface area contributed by atoms with Crippen LogP contribution in [0.2, 0.25) is 0 Å². The molecular weight excluding hydrogens is 334 g/mol. The van der Waals surface area contributed by atoms with Crippen LogP contribution in [0.25, 0.3) is 5.65 Å². The van der Waals surface area contributed by atoms with E-state index in [1.165, 1.54) is 0 Å². The Morgan fingerprint density at radius 3 is 2.92 bits per heavy atom. The van der Waals surface area contributed by atoms with E-state index in [0.717, 1.165) is 25.2 Å². The summed E-state index contributed by atoms with van der Waals surface area (Å²) in [6, 6.07) is 0. The fraction of sp³-hybridized carbons (Fsp3) is 0.611. The first kappa shape index (κ1) is 18.8. The molecule has 1 fully saturated rings. The van der Waals surface area contributed by atoms with Crippen LogP contribution in [0, 0.1) is 0 Å². The van der Waals surface area contributed by atoms with Gasteiger partial charge in [-0.05, 0) is 19.5 Å². The van der Waals surface area contributed by atoms with E-state index >= 15 is 0 Å². The van der Waals surface area contributed by atoms with E-state index < -0.39 is 0 Å². The van der Waals surface area contributed by atoms with Crippen LogP contribution >= 0.6 is 0 Å². The van der Waals surface area contributed by atoms with Crippen molar-refractivity contribution in [3.63, 3.8) is 0 Å². The maximum atomic E-state index is 12.9. The number of carbonyl (C=O) groups is 1. The predicted molar refractivity (Wildman–Crippen MR) is 97.0 cm³/mol. The summed E-state index contributed by atoms with van der Waals surface area (Å²) in [5, 5.41) is 13.4. The number of aliphatic hydroxyl groups is 1. The third-order valence-corrected chi connectivity index (χ3v) is 4.82. The van der Waals surface area contributed by atoms with Crippen molar-refractivity contribution < 1.29 is 14.6 Å². The number of hydrogen-bond donors (Lipinski definition) is 1. The second kappa shape index (κ2) is 8.57. The van der Waals surface area contributed by atoms with Crippen molar-refractivity contribution in [3.05, 3.63) is 29.7 Å². The van der Waals surface area contributed by atoms with Gasteiger partial charge in [-0.15, -0.1) is 0 Å². The summed E-state index contributed by atoms with van der Waals surface area (Å²) in [5.41, 5.74) is 2.14. The van der Waals surface area contributed by atoms with Crippen molar-refractivity contribution >= 4 is 11.6 Å². The van der Waals surface area contributed by atoms with Crippen LogP contribution < -0.4 is 0 Å². The lowest BCUT2D eigenvalue weighted by atomic mass is 10.2. The number of nitrogens with zero attached hydrogens (tertiary/aromatic N) is 5. The summed E-state index contributed by atoms with van der Waals surface area (Å²) in [7, 11) is 0. The van der Waals surface area contributed by atoms with Crippen LogP contribution in [-0.4, -0.2) is 80.9 Å². The molecule has 0 unspecified atom stereocenters. The topological polar surface area (TPSA) is 83.2 Å². The molecule has 2 aromatic heterocycles. The smallest absolute Gasteiger partial charge is 0.259 e. The van der Waals surface area contributed by atoms with E-state index in [1.54, 1.807) is 15.6 Å². The molecule has 8 nitrogen and oxygen atoms in total. The third-order valence-electron chi connectivity index (χ3n) is 4.82. The zero-order chi connectivity index (χ0) is 18.5. The molecule has 26 heavy (non-hydrogen) atoms. The first-order chi connectivity index (χ1) is 12.7. The highest BCUT2D eigenvalue weighted by molar-refractivity contribution is 5.99. The van der Waals surface area contributed by atoms with Gasteiger partial charge in [0.1, 0.15) is 5.56 Å². The van der Waals surface area contributed by atoms with Crippen LogP contribution in [0.15, 0.2) is 18.6 Å². The quantitative estimate of drug-likeness (QED) is 0.785. The Kier molecular flexibility index (Phi) is 6.18. The Hall–Kier alpha value is -2.03. The second-order valence-electron chi connectivity index (χ2n) is 6.51. The van der Waals surface area contributed by atoms with E-state index in [0.29, 0.717) is 37.3 Å². The third kappa shape index (κ3) is 4.03. The summed E-state index contributed by atoms with van der Waals surface area (Å²) >= 11 is 0. The number of aliphatic hydroxyl groups excluding tert-OH is 1. The number of aromatic nitrogens is 3. The van der Waals surface area contributed by atoms with Gasteiger partial charge in [-0.2, -0.15) is 5.10 Å². The van der Waals surface area contributed by atoms with Gasteiger partial charge in [0, 0.05) is 44.2 Å². The van der Waals surface area contributed by atoms with Crippen LogP contribution in [0.1, 0.15) is 36.2 Å². The van der Waals surface area contributed by atoms with Gasteiger partial charge in [0.15, 0.2) is 5.65 Å². The predicted octanol–water partition coefficient (Wildman–Crippen LogP) is 0.795. The van der Waals surface area contributed by atoms with Gasteiger partial charge in [0.25, 0.3) is 5.91 Å². The molecule has 0 aromatic carbocycles. The standard InChI is InChI=1S/C18H27N5O3/c1-3-21(4-2)11-14-9-19-17-16(10-20-23(17)12-14)18(25)22-6-8-26-15(13-22)5-7-24/h9-10,12,15,24H,3-8,11,13H2,1-2H3/t15-/m1/s1. The summed E-state index contributed by atoms with van der Waals surface area (Å²) in [4.78, 5) is 21.4. The van der Waals surface area contributed by atoms with Crippen LogP contribution in [-0.2, 0) is 11.3 Å². The van der Waals surface area contributed by atoms with Crippen LogP contribution in [0.4, 0.5) is 0 Å². The highest BCUT2D eigenvalue weighted by Crippen LogP contribution is 2.16. The van der Waals surface area contributed by atoms with E-state index in [9.17, 15) is 4.79 Å². The summed E-state index contributed by atoms with van der Waals surface area (Å²) in [5.74, 6) is -0.0877. The van der Waals surface area contributed by atoms with Crippen LogP contribution in [0.3, 0.4) is 0 Å². The van der Waals surface area contributed by atoms with Gasteiger partial charge in [-0.3, -0.25) is 9.69 Å². The Bertz CT molecular complexity index is 742. The highest BCUT2D eigenvalue weighted by atomic mass is 16.5.